The van der Waals surface area contributed by atoms with E-state index in [0.29, 0.717) is 63.0 Å². The quantitative estimate of drug-likeness (QED) is 0.747. The van der Waals surface area contributed by atoms with Crippen LogP contribution in [0.4, 0.5) is 0 Å². The second-order valence-electron chi connectivity index (χ2n) is 7.65. The number of hydrogen-bond donors (Lipinski definition) is 0. The first-order valence-electron chi connectivity index (χ1n) is 10.0. The third-order valence-corrected chi connectivity index (χ3v) is 5.64. The van der Waals surface area contributed by atoms with Crippen molar-refractivity contribution in [1.29, 1.82) is 0 Å². The van der Waals surface area contributed by atoms with Gasteiger partial charge in [0.05, 0.1) is 6.54 Å². The highest BCUT2D eigenvalue weighted by atomic mass is 16.6. The number of amides is 1. The molecule has 0 saturated carbocycles. The largest absolute Gasteiger partial charge is 0.486 e. The van der Waals surface area contributed by atoms with E-state index >= 15 is 0 Å². The normalized spacial score (nSPS) is 16.6. The molecule has 1 amide bonds. The van der Waals surface area contributed by atoms with Gasteiger partial charge in [-0.05, 0) is 55.3 Å². The molecule has 6 nitrogen and oxygen atoms in total. The fourth-order valence-corrected chi connectivity index (χ4v) is 3.68. The molecule has 6 heteroatoms. The summed E-state index contributed by atoms with van der Waals surface area (Å²) in [4.78, 5) is 29.4. The minimum atomic E-state index is 0.0518. The number of Topliss-reactive ketones (excluding diaryl/α,β-unsaturated/α-hetero) is 1. The van der Waals surface area contributed by atoms with Crippen molar-refractivity contribution >= 4 is 11.7 Å². The Morgan fingerprint density at radius 2 is 1.52 bits per heavy atom. The molecule has 0 atom stereocenters. The Labute approximate surface area is 171 Å². The average molecular weight is 394 g/mol. The standard InChI is InChI=1S/C23H26N2O4/c1-16-3-4-19(13-17(16)2)23(27)25-9-7-24(8-10-25)15-20(26)18-5-6-21-22(14-18)29-12-11-28-21/h3-6,13-14H,7-12,15H2,1-2H3. The van der Waals surface area contributed by atoms with Gasteiger partial charge in [0.1, 0.15) is 13.2 Å². The molecule has 2 heterocycles. The smallest absolute Gasteiger partial charge is 0.253 e. The lowest BCUT2D eigenvalue weighted by molar-refractivity contribution is 0.0624. The molecule has 2 aromatic rings. The van der Waals surface area contributed by atoms with Crippen molar-refractivity contribution < 1.29 is 19.1 Å². The van der Waals surface area contributed by atoms with Crippen molar-refractivity contribution in [2.75, 3.05) is 45.9 Å². The maximum atomic E-state index is 12.8. The number of carbonyl (C=O) groups is 2. The van der Waals surface area contributed by atoms with E-state index in [4.69, 9.17) is 9.47 Å². The summed E-state index contributed by atoms with van der Waals surface area (Å²) in [5.41, 5.74) is 3.67. The van der Waals surface area contributed by atoms with Gasteiger partial charge in [-0.15, -0.1) is 0 Å². The molecule has 4 rings (SSSR count). The molecule has 2 aliphatic rings. The highest BCUT2D eigenvalue weighted by Gasteiger charge is 2.24. The molecular formula is C23H26N2O4. The Hall–Kier alpha value is -2.86. The molecule has 0 radical (unpaired) electrons. The number of piperazine rings is 1. The van der Waals surface area contributed by atoms with E-state index in [-0.39, 0.29) is 11.7 Å². The zero-order valence-corrected chi connectivity index (χ0v) is 16.9. The number of aryl methyl sites for hydroxylation is 2. The van der Waals surface area contributed by atoms with Crippen molar-refractivity contribution in [3.05, 3.63) is 58.7 Å². The Balaban J connectivity index is 1.33. The fraction of sp³-hybridized carbons (Fsp3) is 0.391. The third-order valence-electron chi connectivity index (χ3n) is 5.64. The molecule has 0 bridgehead atoms. The summed E-state index contributed by atoms with van der Waals surface area (Å²) in [7, 11) is 0. The molecule has 0 spiro atoms. The molecule has 0 unspecified atom stereocenters. The molecule has 0 aliphatic carbocycles. The number of fused-ring (bicyclic) bond motifs is 1. The first-order chi connectivity index (χ1) is 14.0. The van der Waals surface area contributed by atoms with E-state index in [1.807, 2.05) is 36.9 Å². The molecule has 0 N–H and O–H groups in total. The lowest BCUT2D eigenvalue weighted by atomic mass is 10.1. The zero-order chi connectivity index (χ0) is 20.4. The van der Waals surface area contributed by atoms with Gasteiger partial charge < -0.3 is 14.4 Å². The highest BCUT2D eigenvalue weighted by Crippen LogP contribution is 2.31. The van der Waals surface area contributed by atoms with Crippen LogP contribution in [0.3, 0.4) is 0 Å². The van der Waals surface area contributed by atoms with E-state index in [9.17, 15) is 9.59 Å². The SMILES string of the molecule is Cc1ccc(C(=O)N2CCN(CC(=O)c3ccc4c(c3)OCCO4)CC2)cc1C. The van der Waals surface area contributed by atoms with Gasteiger partial charge in [-0.3, -0.25) is 14.5 Å². The minimum absolute atomic E-state index is 0.0518. The second-order valence-corrected chi connectivity index (χ2v) is 7.65. The molecule has 1 saturated heterocycles. The summed E-state index contributed by atoms with van der Waals surface area (Å²) in [5.74, 6) is 1.43. The number of ether oxygens (including phenoxy) is 2. The minimum Gasteiger partial charge on any atom is -0.486 e. The number of rotatable bonds is 4. The lowest BCUT2D eigenvalue weighted by Crippen LogP contribution is -2.49. The van der Waals surface area contributed by atoms with Crippen LogP contribution in [0.2, 0.25) is 0 Å². The van der Waals surface area contributed by atoms with Gasteiger partial charge in [0, 0.05) is 37.3 Å². The van der Waals surface area contributed by atoms with Crippen molar-refractivity contribution in [2.24, 2.45) is 0 Å². The van der Waals surface area contributed by atoms with Crippen LogP contribution < -0.4 is 9.47 Å². The van der Waals surface area contributed by atoms with Crippen LogP contribution >= 0.6 is 0 Å². The maximum absolute atomic E-state index is 12.8. The van der Waals surface area contributed by atoms with Crippen LogP contribution in [-0.4, -0.2) is 67.4 Å². The fourth-order valence-electron chi connectivity index (χ4n) is 3.68. The first-order valence-corrected chi connectivity index (χ1v) is 10.0. The summed E-state index contributed by atoms with van der Waals surface area (Å²) in [5, 5.41) is 0. The topological polar surface area (TPSA) is 59.1 Å². The number of benzene rings is 2. The van der Waals surface area contributed by atoms with Crippen LogP contribution in [0.1, 0.15) is 31.8 Å². The molecule has 29 heavy (non-hydrogen) atoms. The predicted octanol–water partition coefficient (Wildman–Crippen LogP) is 2.72. The monoisotopic (exact) mass is 394 g/mol. The van der Waals surface area contributed by atoms with Gasteiger partial charge in [-0.1, -0.05) is 6.07 Å². The molecule has 2 aliphatic heterocycles. The number of ketones is 1. The number of carbonyl (C=O) groups excluding carboxylic acids is 2. The Morgan fingerprint density at radius 1 is 0.828 bits per heavy atom. The Bertz CT molecular complexity index is 932. The summed E-state index contributed by atoms with van der Waals surface area (Å²) in [6.07, 6.45) is 0. The van der Waals surface area contributed by atoms with Gasteiger partial charge in [-0.25, -0.2) is 0 Å². The second kappa shape index (κ2) is 8.25. The van der Waals surface area contributed by atoms with Gasteiger partial charge in [0.25, 0.3) is 5.91 Å². The number of hydrogen-bond acceptors (Lipinski definition) is 5. The van der Waals surface area contributed by atoms with Crippen LogP contribution in [0.25, 0.3) is 0 Å². The molecule has 0 aromatic heterocycles. The van der Waals surface area contributed by atoms with Crippen molar-refractivity contribution in [2.45, 2.75) is 13.8 Å². The summed E-state index contributed by atoms with van der Waals surface area (Å²) in [6, 6.07) is 11.2. The van der Waals surface area contributed by atoms with Crippen LogP contribution in [0, 0.1) is 13.8 Å². The zero-order valence-electron chi connectivity index (χ0n) is 16.9. The van der Waals surface area contributed by atoms with Gasteiger partial charge in [0.2, 0.25) is 0 Å². The van der Waals surface area contributed by atoms with Crippen LogP contribution in [0.5, 0.6) is 11.5 Å². The van der Waals surface area contributed by atoms with Crippen molar-refractivity contribution in [3.63, 3.8) is 0 Å². The van der Waals surface area contributed by atoms with E-state index in [1.165, 1.54) is 5.56 Å². The summed E-state index contributed by atoms with van der Waals surface area (Å²) in [6.45, 7) is 8.06. The van der Waals surface area contributed by atoms with E-state index in [2.05, 4.69) is 4.90 Å². The van der Waals surface area contributed by atoms with Crippen molar-refractivity contribution in [1.82, 2.24) is 9.80 Å². The van der Waals surface area contributed by atoms with E-state index in [1.54, 1.807) is 18.2 Å². The predicted molar refractivity (Wildman–Crippen MR) is 110 cm³/mol. The van der Waals surface area contributed by atoms with E-state index < -0.39 is 0 Å². The van der Waals surface area contributed by atoms with Gasteiger partial charge in [0.15, 0.2) is 17.3 Å². The van der Waals surface area contributed by atoms with Gasteiger partial charge >= 0.3 is 0 Å². The summed E-state index contributed by atoms with van der Waals surface area (Å²) < 4.78 is 11.1. The first kappa shape index (κ1) is 19.5. The third kappa shape index (κ3) is 4.27. The van der Waals surface area contributed by atoms with E-state index in [0.717, 1.165) is 11.1 Å². The Morgan fingerprint density at radius 3 is 2.24 bits per heavy atom. The highest BCUT2D eigenvalue weighted by molar-refractivity contribution is 5.98. The number of nitrogens with zero attached hydrogens (tertiary/aromatic N) is 2. The van der Waals surface area contributed by atoms with Crippen LogP contribution in [0.15, 0.2) is 36.4 Å². The lowest BCUT2D eigenvalue weighted by Gasteiger charge is -2.34. The molecule has 152 valence electrons. The molecule has 2 aromatic carbocycles. The van der Waals surface area contributed by atoms with Crippen molar-refractivity contribution in [3.8, 4) is 11.5 Å². The van der Waals surface area contributed by atoms with Crippen LogP contribution in [-0.2, 0) is 0 Å². The average Bonchev–Trinajstić information content (AvgIpc) is 2.75. The maximum Gasteiger partial charge on any atom is 0.253 e. The molecular weight excluding hydrogens is 368 g/mol. The van der Waals surface area contributed by atoms with Gasteiger partial charge in [-0.2, -0.15) is 0 Å². The summed E-state index contributed by atoms with van der Waals surface area (Å²) >= 11 is 0. The Kier molecular flexibility index (Phi) is 5.53. The molecule has 1 fully saturated rings.